The molecule has 1 aromatic rings. The SMILES string of the molecule is COC(=O)CCC(=O)Nc1cc(C(F)(F)F)ccc1C(=O)O. The molecule has 6 nitrogen and oxygen atoms in total. The summed E-state index contributed by atoms with van der Waals surface area (Å²) in [4.78, 5) is 33.4. The van der Waals surface area contributed by atoms with Gasteiger partial charge in [-0.25, -0.2) is 4.79 Å². The van der Waals surface area contributed by atoms with Crippen LogP contribution >= 0.6 is 0 Å². The van der Waals surface area contributed by atoms with Crippen molar-refractivity contribution in [3.05, 3.63) is 29.3 Å². The summed E-state index contributed by atoms with van der Waals surface area (Å²) in [5.41, 5.74) is -2.07. The Kier molecular flexibility index (Phi) is 5.50. The maximum atomic E-state index is 12.6. The van der Waals surface area contributed by atoms with Crippen LogP contribution in [-0.4, -0.2) is 30.1 Å². The Morgan fingerprint density at radius 3 is 2.36 bits per heavy atom. The van der Waals surface area contributed by atoms with Crippen LogP contribution < -0.4 is 5.32 Å². The Hall–Kier alpha value is -2.58. The van der Waals surface area contributed by atoms with Gasteiger partial charge in [-0.05, 0) is 18.2 Å². The van der Waals surface area contributed by atoms with Gasteiger partial charge in [0.2, 0.25) is 5.91 Å². The maximum Gasteiger partial charge on any atom is 0.416 e. The maximum absolute atomic E-state index is 12.6. The van der Waals surface area contributed by atoms with Gasteiger partial charge in [-0.1, -0.05) is 0 Å². The molecule has 0 radical (unpaired) electrons. The molecule has 120 valence electrons. The fraction of sp³-hybridized carbons (Fsp3) is 0.308. The molecule has 0 heterocycles. The molecular formula is C13H12F3NO5. The van der Waals surface area contributed by atoms with Gasteiger partial charge in [-0.15, -0.1) is 0 Å². The van der Waals surface area contributed by atoms with Crippen molar-refractivity contribution in [1.82, 2.24) is 0 Å². The lowest BCUT2D eigenvalue weighted by atomic mass is 10.1. The minimum Gasteiger partial charge on any atom is -0.478 e. The molecule has 0 saturated heterocycles. The summed E-state index contributed by atoms with van der Waals surface area (Å²) >= 11 is 0. The molecule has 0 aliphatic heterocycles. The topological polar surface area (TPSA) is 92.7 Å². The third-order valence-corrected chi connectivity index (χ3v) is 2.64. The zero-order chi connectivity index (χ0) is 16.9. The predicted octanol–water partition coefficient (Wildman–Crippen LogP) is 2.30. The highest BCUT2D eigenvalue weighted by Crippen LogP contribution is 2.32. The first kappa shape index (κ1) is 17.5. The van der Waals surface area contributed by atoms with Crippen LogP contribution in [0.4, 0.5) is 18.9 Å². The van der Waals surface area contributed by atoms with E-state index in [1.165, 1.54) is 0 Å². The number of anilines is 1. The number of carboxylic acids is 1. The molecule has 0 aromatic heterocycles. The van der Waals surface area contributed by atoms with Gasteiger partial charge in [-0.2, -0.15) is 13.2 Å². The van der Waals surface area contributed by atoms with Crippen LogP contribution in [0.5, 0.6) is 0 Å². The smallest absolute Gasteiger partial charge is 0.416 e. The van der Waals surface area contributed by atoms with E-state index in [-0.39, 0.29) is 12.8 Å². The van der Waals surface area contributed by atoms with E-state index in [1.54, 1.807) is 0 Å². The average molecular weight is 319 g/mol. The molecule has 0 saturated carbocycles. The van der Waals surface area contributed by atoms with E-state index in [1.807, 2.05) is 0 Å². The first-order valence-electron chi connectivity index (χ1n) is 5.96. The molecule has 1 aromatic carbocycles. The number of ether oxygens (including phenoxy) is 1. The van der Waals surface area contributed by atoms with Gasteiger partial charge in [0.15, 0.2) is 0 Å². The first-order chi connectivity index (χ1) is 10.1. The molecular weight excluding hydrogens is 307 g/mol. The van der Waals surface area contributed by atoms with Crippen molar-refractivity contribution in [1.29, 1.82) is 0 Å². The highest BCUT2D eigenvalue weighted by atomic mass is 19.4. The molecule has 1 rings (SSSR count). The van der Waals surface area contributed by atoms with Crippen LogP contribution in [0.15, 0.2) is 18.2 Å². The number of carbonyl (C=O) groups excluding carboxylic acids is 2. The fourth-order valence-corrected chi connectivity index (χ4v) is 1.54. The highest BCUT2D eigenvalue weighted by molar-refractivity contribution is 6.01. The number of carboxylic acid groups (broad SMARTS) is 1. The predicted molar refractivity (Wildman–Crippen MR) is 68.3 cm³/mol. The number of nitrogens with one attached hydrogen (secondary N) is 1. The number of alkyl halides is 3. The minimum absolute atomic E-state index is 0.274. The number of halogens is 3. The Balaban J connectivity index is 2.97. The van der Waals surface area contributed by atoms with Gasteiger partial charge in [0, 0.05) is 6.42 Å². The number of carbonyl (C=O) groups is 3. The van der Waals surface area contributed by atoms with Gasteiger partial charge in [-0.3, -0.25) is 9.59 Å². The molecule has 1 amide bonds. The van der Waals surface area contributed by atoms with Crippen molar-refractivity contribution in [3.8, 4) is 0 Å². The van der Waals surface area contributed by atoms with Crippen LogP contribution in [0.2, 0.25) is 0 Å². The molecule has 0 spiro atoms. The van der Waals surface area contributed by atoms with Crippen LogP contribution in [0.3, 0.4) is 0 Å². The van der Waals surface area contributed by atoms with Gasteiger partial charge in [0.1, 0.15) is 0 Å². The average Bonchev–Trinajstić information content (AvgIpc) is 2.43. The zero-order valence-corrected chi connectivity index (χ0v) is 11.4. The number of rotatable bonds is 5. The monoisotopic (exact) mass is 319 g/mol. The second kappa shape index (κ2) is 6.92. The van der Waals surface area contributed by atoms with E-state index in [0.717, 1.165) is 13.2 Å². The third kappa shape index (κ3) is 4.76. The Bertz CT molecular complexity index is 598. The van der Waals surface area contributed by atoms with Crippen molar-refractivity contribution < 1.29 is 37.4 Å². The second-order valence-electron chi connectivity index (χ2n) is 4.19. The highest BCUT2D eigenvalue weighted by Gasteiger charge is 2.31. The van der Waals surface area contributed by atoms with E-state index in [0.29, 0.717) is 12.1 Å². The summed E-state index contributed by atoms with van der Waals surface area (Å²) in [5.74, 6) is -2.96. The van der Waals surface area contributed by atoms with Crippen molar-refractivity contribution in [2.45, 2.75) is 19.0 Å². The molecule has 0 aliphatic carbocycles. The molecule has 0 atom stereocenters. The van der Waals surface area contributed by atoms with Crippen LogP contribution in [0.25, 0.3) is 0 Å². The second-order valence-corrected chi connectivity index (χ2v) is 4.19. The van der Waals surface area contributed by atoms with Crippen LogP contribution in [-0.2, 0) is 20.5 Å². The molecule has 2 N–H and O–H groups in total. The first-order valence-corrected chi connectivity index (χ1v) is 5.96. The summed E-state index contributed by atoms with van der Waals surface area (Å²) < 4.78 is 42.2. The molecule has 0 unspecified atom stereocenters. The van der Waals surface area contributed by atoms with Crippen LogP contribution in [0, 0.1) is 0 Å². The number of amides is 1. The number of benzene rings is 1. The molecule has 9 heteroatoms. The Labute approximate surface area is 122 Å². The van der Waals surface area contributed by atoms with E-state index in [4.69, 9.17) is 5.11 Å². The van der Waals surface area contributed by atoms with E-state index < -0.39 is 40.8 Å². The lowest BCUT2D eigenvalue weighted by molar-refractivity contribution is -0.141. The minimum atomic E-state index is -4.68. The van der Waals surface area contributed by atoms with Gasteiger partial charge < -0.3 is 15.2 Å². The molecule has 0 aliphatic rings. The Morgan fingerprint density at radius 1 is 1.23 bits per heavy atom. The molecule has 22 heavy (non-hydrogen) atoms. The van der Waals surface area contributed by atoms with Crippen molar-refractivity contribution >= 4 is 23.5 Å². The number of esters is 1. The third-order valence-electron chi connectivity index (χ3n) is 2.64. The lowest BCUT2D eigenvalue weighted by Crippen LogP contribution is -2.17. The van der Waals surface area contributed by atoms with E-state index >= 15 is 0 Å². The zero-order valence-electron chi connectivity index (χ0n) is 11.4. The van der Waals surface area contributed by atoms with E-state index in [9.17, 15) is 27.6 Å². The summed E-state index contributed by atoms with van der Waals surface area (Å²) in [5, 5.41) is 11.0. The summed E-state index contributed by atoms with van der Waals surface area (Å²) in [6.45, 7) is 0. The van der Waals surface area contributed by atoms with Crippen molar-refractivity contribution in [2.75, 3.05) is 12.4 Å². The van der Waals surface area contributed by atoms with Gasteiger partial charge in [0.25, 0.3) is 0 Å². The number of aromatic carboxylic acids is 1. The fourth-order valence-electron chi connectivity index (χ4n) is 1.54. The number of methoxy groups -OCH3 is 1. The largest absolute Gasteiger partial charge is 0.478 e. The number of hydrogen-bond donors (Lipinski definition) is 2. The normalized spacial score (nSPS) is 10.9. The Morgan fingerprint density at radius 2 is 1.86 bits per heavy atom. The standard InChI is InChI=1S/C13H12F3NO5/c1-22-11(19)5-4-10(18)17-9-6-7(13(14,15)16)2-3-8(9)12(20)21/h2-3,6H,4-5H2,1H3,(H,17,18)(H,20,21). The number of hydrogen-bond acceptors (Lipinski definition) is 4. The van der Waals surface area contributed by atoms with Crippen LogP contribution in [0.1, 0.15) is 28.8 Å². The van der Waals surface area contributed by atoms with Crippen molar-refractivity contribution in [2.24, 2.45) is 0 Å². The summed E-state index contributed by atoms with van der Waals surface area (Å²) in [6, 6.07) is 1.88. The molecule has 0 fully saturated rings. The lowest BCUT2D eigenvalue weighted by Gasteiger charge is -2.12. The van der Waals surface area contributed by atoms with Gasteiger partial charge >= 0.3 is 18.1 Å². The van der Waals surface area contributed by atoms with Crippen molar-refractivity contribution in [3.63, 3.8) is 0 Å². The quantitative estimate of drug-likeness (QED) is 0.812. The van der Waals surface area contributed by atoms with Gasteiger partial charge in [0.05, 0.1) is 30.3 Å². The van der Waals surface area contributed by atoms with E-state index in [2.05, 4.69) is 10.1 Å². The summed E-state index contributed by atoms with van der Waals surface area (Å²) in [7, 11) is 1.12. The molecule has 0 bridgehead atoms. The summed E-state index contributed by atoms with van der Waals surface area (Å²) in [6.07, 6.45) is -5.30.